The molecule has 0 aliphatic carbocycles. The van der Waals surface area contributed by atoms with Crippen LogP contribution in [0.25, 0.3) is 0 Å². The lowest BCUT2D eigenvalue weighted by molar-refractivity contribution is -0.345. The smallest absolute Gasteiger partial charge is 0.339 e. The second-order valence-electron chi connectivity index (χ2n) is 16.5. The van der Waals surface area contributed by atoms with E-state index in [-0.39, 0.29) is 58.3 Å². The van der Waals surface area contributed by atoms with Crippen molar-refractivity contribution in [2.75, 3.05) is 20.8 Å². The quantitative estimate of drug-likeness (QED) is 0.0562. The highest BCUT2D eigenvalue weighted by Gasteiger charge is 2.55. The molecule has 10 atom stereocenters. The number of ether oxygens (including phenoxy) is 11. The van der Waals surface area contributed by atoms with Crippen LogP contribution in [0.15, 0.2) is 152 Å². The summed E-state index contributed by atoms with van der Waals surface area (Å²) in [6.07, 6.45) is -11.0. The molecule has 14 heteroatoms. The molecule has 7 rings (SSSR count). The van der Waals surface area contributed by atoms with E-state index in [4.69, 9.17) is 52.1 Å². The number of hydrogen-bond donors (Lipinski definition) is 0. The van der Waals surface area contributed by atoms with Gasteiger partial charge in [0.1, 0.15) is 42.4 Å². The molecule has 0 saturated carbocycles. The fourth-order valence-corrected chi connectivity index (χ4v) is 8.03. The van der Waals surface area contributed by atoms with Crippen molar-refractivity contribution in [2.24, 2.45) is 0 Å². The standard InChI is InChI=1S/C54H60O14/c1-37(55)29-30-44(56)67-48-47(62-33-40-23-13-6-14-24-40)51(64-35-42-27-17-8-18-28-42)54(68-49(48)52(57)58-2)65-36-43-45(60-31-38-19-9-4-10-20-38)46(61-32-39-21-11-5-12-22-39)50(53(59-3)66-43)63-34-41-25-15-7-16-26-41/h4-28,43,45-51,53-54H,29-36H2,1-3H3/t43-,45-,46+,47+,48+,49+,50+,51+,53+,54-/m1/s1. The number of hydrogen-bond acceptors (Lipinski definition) is 14. The Labute approximate surface area is 397 Å². The van der Waals surface area contributed by atoms with Crippen LogP contribution in [0.4, 0.5) is 0 Å². The zero-order chi connectivity index (χ0) is 47.5. The first-order chi connectivity index (χ1) is 33.3. The van der Waals surface area contributed by atoms with E-state index in [9.17, 15) is 14.4 Å². The summed E-state index contributed by atoms with van der Waals surface area (Å²) in [5, 5.41) is 0. The topological polar surface area (TPSA) is 153 Å². The van der Waals surface area contributed by atoms with Crippen LogP contribution in [0.2, 0.25) is 0 Å². The molecule has 2 saturated heterocycles. The van der Waals surface area contributed by atoms with Crippen molar-refractivity contribution in [1.82, 2.24) is 0 Å². The van der Waals surface area contributed by atoms with Crippen molar-refractivity contribution >= 4 is 17.7 Å². The largest absolute Gasteiger partial charge is 0.467 e. The summed E-state index contributed by atoms with van der Waals surface area (Å²) < 4.78 is 70.7. The second-order valence-corrected chi connectivity index (χ2v) is 16.5. The van der Waals surface area contributed by atoms with Crippen molar-refractivity contribution < 1.29 is 66.5 Å². The summed E-state index contributed by atoms with van der Waals surface area (Å²) in [6.45, 7) is 1.95. The van der Waals surface area contributed by atoms with E-state index >= 15 is 0 Å². The number of esters is 2. The van der Waals surface area contributed by atoms with Gasteiger partial charge in [-0.15, -0.1) is 0 Å². The third-order valence-corrected chi connectivity index (χ3v) is 11.6. The molecule has 14 nitrogen and oxygen atoms in total. The Balaban J connectivity index is 1.23. The van der Waals surface area contributed by atoms with E-state index < -0.39 is 73.4 Å². The Morgan fingerprint density at radius 3 is 1.22 bits per heavy atom. The highest BCUT2D eigenvalue weighted by atomic mass is 16.8. The molecule has 0 amide bonds. The minimum absolute atomic E-state index is 0.0419. The Morgan fingerprint density at radius 2 is 0.824 bits per heavy atom. The van der Waals surface area contributed by atoms with Crippen molar-refractivity contribution in [3.05, 3.63) is 179 Å². The van der Waals surface area contributed by atoms with Crippen LogP contribution in [-0.2, 0) is 99.5 Å². The maximum absolute atomic E-state index is 13.7. The fraction of sp³-hybridized carbons (Fsp3) is 0.389. The number of methoxy groups -OCH3 is 2. The van der Waals surface area contributed by atoms with Crippen molar-refractivity contribution in [3.63, 3.8) is 0 Å². The number of rotatable bonds is 24. The average Bonchev–Trinajstić information content (AvgIpc) is 3.38. The second kappa shape index (κ2) is 26.2. The first-order valence-electron chi connectivity index (χ1n) is 22.8. The highest BCUT2D eigenvalue weighted by molar-refractivity contribution is 5.81. The van der Waals surface area contributed by atoms with Crippen LogP contribution in [-0.4, -0.2) is 100.0 Å². The molecule has 2 aliphatic heterocycles. The summed E-state index contributed by atoms with van der Waals surface area (Å²) in [4.78, 5) is 39.0. The average molecular weight is 933 g/mol. The molecule has 0 radical (unpaired) electrons. The third kappa shape index (κ3) is 14.4. The number of Topliss-reactive ketones (excluding diaryl/α,β-unsaturated/α-hetero) is 1. The van der Waals surface area contributed by atoms with Crippen LogP contribution in [0.3, 0.4) is 0 Å². The minimum Gasteiger partial charge on any atom is -0.467 e. The van der Waals surface area contributed by atoms with Gasteiger partial charge in [-0.2, -0.15) is 0 Å². The fourth-order valence-electron chi connectivity index (χ4n) is 8.03. The summed E-state index contributed by atoms with van der Waals surface area (Å²) in [5.74, 6) is -1.78. The molecule has 2 fully saturated rings. The SMILES string of the molecule is COC(=O)[C@H]1O[C@@H](OC[C@H]2O[C@H](OC)[C@@H](OCc3ccccc3)[C@@H](OCc3ccccc3)[C@@H]2OCc2ccccc2)[C@@H](OCc2ccccc2)[C@@H](OCc2ccccc2)[C@@H]1OC(=O)CCC(C)=O. The van der Waals surface area contributed by atoms with E-state index in [1.807, 2.05) is 152 Å². The Kier molecular flexibility index (Phi) is 19.4. The van der Waals surface area contributed by atoms with Gasteiger partial charge >= 0.3 is 11.9 Å². The highest BCUT2D eigenvalue weighted by Crippen LogP contribution is 2.35. The van der Waals surface area contributed by atoms with Crippen LogP contribution in [0.5, 0.6) is 0 Å². The van der Waals surface area contributed by atoms with Gasteiger partial charge in [0.2, 0.25) is 0 Å². The molecule has 0 spiro atoms. The molecule has 5 aromatic rings. The molecule has 0 N–H and O–H groups in total. The zero-order valence-corrected chi connectivity index (χ0v) is 38.6. The predicted octanol–water partition coefficient (Wildman–Crippen LogP) is 7.48. The molecule has 2 aliphatic rings. The third-order valence-electron chi connectivity index (χ3n) is 11.6. The maximum atomic E-state index is 13.7. The normalized spacial score (nSPS) is 24.8. The zero-order valence-electron chi connectivity index (χ0n) is 38.6. The van der Waals surface area contributed by atoms with E-state index in [1.54, 1.807) is 0 Å². The molecule has 5 aromatic carbocycles. The van der Waals surface area contributed by atoms with E-state index in [2.05, 4.69) is 0 Å². The molecule has 68 heavy (non-hydrogen) atoms. The minimum atomic E-state index is -1.54. The summed E-state index contributed by atoms with van der Waals surface area (Å²) in [7, 11) is 2.74. The van der Waals surface area contributed by atoms with E-state index in [0.717, 1.165) is 27.8 Å². The van der Waals surface area contributed by atoms with Crippen molar-refractivity contribution in [3.8, 4) is 0 Å². The molecule has 0 bridgehead atoms. The van der Waals surface area contributed by atoms with Crippen molar-refractivity contribution in [1.29, 1.82) is 0 Å². The van der Waals surface area contributed by atoms with Gasteiger partial charge in [-0.1, -0.05) is 152 Å². The van der Waals surface area contributed by atoms with E-state index in [0.29, 0.717) is 0 Å². The number of carbonyl (C=O) groups excluding carboxylic acids is 3. The van der Waals surface area contributed by atoms with Gasteiger partial charge in [0.05, 0.1) is 53.2 Å². The van der Waals surface area contributed by atoms with Crippen LogP contribution in [0, 0.1) is 0 Å². The molecular weight excluding hydrogens is 873 g/mol. The van der Waals surface area contributed by atoms with Gasteiger partial charge in [-0.3, -0.25) is 4.79 Å². The molecular formula is C54H60O14. The Morgan fingerprint density at radius 1 is 0.441 bits per heavy atom. The van der Waals surface area contributed by atoms with Gasteiger partial charge in [0.25, 0.3) is 0 Å². The van der Waals surface area contributed by atoms with Crippen LogP contribution in [0.1, 0.15) is 47.6 Å². The monoisotopic (exact) mass is 932 g/mol. The number of ketones is 1. The van der Waals surface area contributed by atoms with Gasteiger partial charge in [-0.05, 0) is 34.7 Å². The van der Waals surface area contributed by atoms with Gasteiger partial charge in [-0.25, -0.2) is 4.79 Å². The summed E-state index contributed by atoms with van der Waals surface area (Å²) >= 11 is 0. The molecule has 360 valence electrons. The lowest BCUT2D eigenvalue weighted by Crippen LogP contribution is -2.64. The predicted molar refractivity (Wildman–Crippen MR) is 247 cm³/mol. The lowest BCUT2D eigenvalue weighted by atomic mass is 9.96. The maximum Gasteiger partial charge on any atom is 0.339 e. The van der Waals surface area contributed by atoms with Gasteiger partial charge in [0.15, 0.2) is 24.8 Å². The summed E-state index contributed by atoms with van der Waals surface area (Å²) in [5.41, 5.74) is 4.42. The number of carbonyl (C=O) groups is 3. The van der Waals surface area contributed by atoms with Gasteiger partial charge < -0.3 is 56.9 Å². The first kappa shape index (κ1) is 50.2. The molecule has 0 aromatic heterocycles. The number of benzene rings is 5. The van der Waals surface area contributed by atoms with E-state index in [1.165, 1.54) is 21.1 Å². The lowest BCUT2D eigenvalue weighted by Gasteiger charge is -2.47. The Bertz CT molecular complexity index is 2250. The molecule has 2 heterocycles. The van der Waals surface area contributed by atoms with Crippen molar-refractivity contribution in [2.45, 2.75) is 114 Å². The van der Waals surface area contributed by atoms with Gasteiger partial charge in [0, 0.05) is 13.5 Å². The Hall–Kier alpha value is -5.65. The first-order valence-corrected chi connectivity index (χ1v) is 22.8. The molecule has 0 unspecified atom stereocenters. The van der Waals surface area contributed by atoms with Crippen LogP contribution < -0.4 is 0 Å². The van der Waals surface area contributed by atoms with Crippen LogP contribution >= 0.6 is 0 Å². The summed E-state index contributed by atoms with van der Waals surface area (Å²) in [6, 6.07) is 48.2.